The minimum absolute atomic E-state index is 0.390. The summed E-state index contributed by atoms with van der Waals surface area (Å²) < 4.78 is 13.0. The Bertz CT molecular complexity index is 812. The Morgan fingerprint density at radius 1 is 1.12 bits per heavy atom. The summed E-state index contributed by atoms with van der Waals surface area (Å²) in [6, 6.07) is 15.4. The number of aromatic nitrogens is 2. The number of para-hydroxylation sites is 2. The molecule has 6 heteroatoms. The van der Waals surface area contributed by atoms with E-state index in [0.29, 0.717) is 26.1 Å². The van der Waals surface area contributed by atoms with Crippen LogP contribution in [0.15, 0.2) is 48.5 Å². The van der Waals surface area contributed by atoms with Crippen LogP contribution in [0.4, 0.5) is 0 Å². The third-order valence-corrected chi connectivity index (χ3v) is 3.72. The quantitative estimate of drug-likeness (QED) is 0.646. The molecule has 3 rings (SSSR count). The summed E-state index contributed by atoms with van der Waals surface area (Å²) >= 11 is 0. The van der Waals surface area contributed by atoms with Crippen molar-refractivity contribution in [2.24, 2.45) is 0 Å². The molecule has 0 radical (unpaired) electrons. The minimum atomic E-state index is 0.390. The first kappa shape index (κ1) is 15.9. The van der Waals surface area contributed by atoms with Crippen molar-refractivity contribution in [1.29, 1.82) is 0 Å². The van der Waals surface area contributed by atoms with Crippen molar-refractivity contribution >= 4 is 17.4 Å². The third kappa shape index (κ3) is 3.48. The molecule has 3 aromatic rings. The predicted molar refractivity (Wildman–Crippen MR) is 91.1 cm³/mol. The van der Waals surface area contributed by atoms with E-state index in [2.05, 4.69) is 14.9 Å². The molecule has 0 fully saturated rings. The molecule has 24 heavy (non-hydrogen) atoms. The van der Waals surface area contributed by atoms with E-state index < -0.39 is 0 Å². The van der Waals surface area contributed by atoms with Crippen LogP contribution in [0.1, 0.15) is 5.82 Å². The van der Waals surface area contributed by atoms with Gasteiger partial charge in [-0.1, -0.05) is 12.1 Å². The molecule has 0 atom stereocenters. The summed E-state index contributed by atoms with van der Waals surface area (Å²) in [5.41, 5.74) is 1.93. The SMILES string of the molecule is COc1ccc(OCCn2c(CNC=O)nc3ccccc32)cc1. The largest absolute Gasteiger partial charge is 0.497 e. The first-order valence-electron chi connectivity index (χ1n) is 7.70. The molecule has 0 bridgehead atoms. The Morgan fingerprint density at radius 3 is 2.62 bits per heavy atom. The molecular weight excluding hydrogens is 306 g/mol. The number of imidazole rings is 1. The van der Waals surface area contributed by atoms with Crippen LogP contribution in [-0.2, 0) is 17.9 Å². The van der Waals surface area contributed by atoms with Gasteiger partial charge >= 0.3 is 0 Å². The van der Waals surface area contributed by atoms with E-state index in [1.165, 1.54) is 0 Å². The second-order valence-corrected chi connectivity index (χ2v) is 5.19. The zero-order chi connectivity index (χ0) is 16.8. The van der Waals surface area contributed by atoms with E-state index in [4.69, 9.17) is 9.47 Å². The molecule has 0 aliphatic carbocycles. The zero-order valence-corrected chi connectivity index (χ0v) is 13.4. The molecule has 0 saturated heterocycles. The van der Waals surface area contributed by atoms with Crippen LogP contribution in [-0.4, -0.2) is 29.7 Å². The highest BCUT2D eigenvalue weighted by atomic mass is 16.5. The Kier molecular flexibility index (Phi) is 4.96. The molecule has 6 nitrogen and oxygen atoms in total. The smallest absolute Gasteiger partial charge is 0.207 e. The number of carbonyl (C=O) groups excluding carboxylic acids is 1. The van der Waals surface area contributed by atoms with Gasteiger partial charge in [0, 0.05) is 0 Å². The van der Waals surface area contributed by atoms with Crippen molar-refractivity contribution in [1.82, 2.24) is 14.9 Å². The fourth-order valence-electron chi connectivity index (χ4n) is 2.57. The van der Waals surface area contributed by atoms with Crippen LogP contribution in [0.2, 0.25) is 0 Å². The fraction of sp³-hybridized carbons (Fsp3) is 0.222. The van der Waals surface area contributed by atoms with Gasteiger partial charge in [-0.3, -0.25) is 4.79 Å². The molecule has 124 valence electrons. The Balaban J connectivity index is 1.72. The van der Waals surface area contributed by atoms with Crippen molar-refractivity contribution < 1.29 is 14.3 Å². The Labute approximate surface area is 140 Å². The van der Waals surface area contributed by atoms with Crippen LogP contribution >= 0.6 is 0 Å². The van der Waals surface area contributed by atoms with E-state index in [-0.39, 0.29) is 0 Å². The predicted octanol–water partition coefficient (Wildman–Crippen LogP) is 2.37. The van der Waals surface area contributed by atoms with Crippen molar-refractivity contribution in [2.45, 2.75) is 13.1 Å². The molecule has 1 aromatic heterocycles. The Morgan fingerprint density at radius 2 is 1.88 bits per heavy atom. The normalized spacial score (nSPS) is 10.5. The molecule has 0 aliphatic heterocycles. The highest BCUT2D eigenvalue weighted by Gasteiger charge is 2.10. The van der Waals surface area contributed by atoms with Crippen molar-refractivity contribution in [3.05, 3.63) is 54.4 Å². The lowest BCUT2D eigenvalue weighted by atomic mass is 10.3. The fourth-order valence-corrected chi connectivity index (χ4v) is 2.57. The lowest BCUT2D eigenvalue weighted by Crippen LogP contribution is -2.17. The van der Waals surface area contributed by atoms with Gasteiger partial charge in [0.1, 0.15) is 23.9 Å². The van der Waals surface area contributed by atoms with Gasteiger partial charge in [-0.05, 0) is 36.4 Å². The molecule has 0 saturated carbocycles. The number of hydrogen-bond acceptors (Lipinski definition) is 4. The molecule has 1 amide bonds. The number of fused-ring (bicyclic) bond motifs is 1. The van der Waals surface area contributed by atoms with Gasteiger partial charge in [0.05, 0.1) is 31.2 Å². The highest BCUT2D eigenvalue weighted by molar-refractivity contribution is 5.75. The van der Waals surface area contributed by atoms with E-state index in [1.54, 1.807) is 7.11 Å². The van der Waals surface area contributed by atoms with Gasteiger partial charge in [-0.15, -0.1) is 0 Å². The van der Waals surface area contributed by atoms with Crippen molar-refractivity contribution in [3.63, 3.8) is 0 Å². The van der Waals surface area contributed by atoms with Gasteiger partial charge < -0.3 is 19.4 Å². The average molecular weight is 325 g/mol. The van der Waals surface area contributed by atoms with Crippen LogP contribution in [0, 0.1) is 0 Å². The number of nitrogens with one attached hydrogen (secondary N) is 1. The standard InChI is InChI=1S/C18H19N3O3/c1-23-14-6-8-15(9-7-14)24-11-10-21-17-5-3-2-4-16(17)20-18(21)12-19-13-22/h2-9,13H,10-12H2,1H3,(H,19,22). The average Bonchev–Trinajstić information content (AvgIpc) is 2.98. The summed E-state index contributed by atoms with van der Waals surface area (Å²) in [4.78, 5) is 15.1. The zero-order valence-electron chi connectivity index (χ0n) is 13.4. The van der Waals surface area contributed by atoms with E-state index in [9.17, 15) is 4.79 Å². The lowest BCUT2D eigenvalue weighted by molar-refractivity contribution is -0.109. The van der Waals surface area contributed by atoms with Crippen LogP contribution < -0.4 is 14.8 Å². The third-order valence-electron chi connectivity index (χ3n) is 3.72. The molecule has 1 heterocycles. The maximum atomic E-state index is 10.6. The number of benzene rings is 2. The number of ether oxygens (including phenoxy) is 2. The van der Waals surface area contributed by atoms with Gasteiger partial charge in [0.2, 0.25) is 6.41 Å². The number of amides is 1. The lowest BCUT2D eigenvalue weighted by Gasteiger charge is -2.11. The second-order valence-electron chi connectivity index (χ2n) is 5.19. The molecule has 0 unspecified atom stereocenters. The van der Waals surface area contributed by atoms with E-state index in [1.807, 2.05) is 48.5 Å². The first-order chi connectivity index (χ1) is 11.8. The number of rotatable bonds is 8. The van der Waals surface area contributed by atoms with Crippen molar-refractivity contribution in [3.8, 4) is 11.5 Å². The maximum absolute atomic E-state index is 10.6. The first-order valence-corrected chi connectivity index (χ1v) is 7.70. The number of methoxy groups -OCH3 is 1. The summed E-state index contributed by atoms with van der Waals surface area (Å²) in [7, 11) is 1.63. The molecule has 0 spiro atoms. The molecular formula is C18H19N3O3. The van der Waals surface area contributed by atoms with Crippen LogP contribution in [0.25, 0.3) is 11.0 Å². The van der Waals surface area contributed by atoms with Crippen LogP contribution in [0.5, 0.6) is 11.5 Å². The van der Waals surface area contributed by atoms with E-state index in [0.717, 1.165) is 28.4 Å². The molecule has 2 aromatic carbocycles. The topological polar surface area (TPSA) is 65.4 Å². The summed E-state index contributed by atoms with van der Waals surface area (Å²) in [6.45, 7) is 1.53. The highest BCUT2D eigenvalue weighted by Crippen LogP contribution is 2.18. The van der Waals surface area contributed by atoms with E-state index >= 15 is 0 Å². The summed E-state index contributed by atoms with van der Waals surface area (Å²) in [5.74, 6) is 2.39. The van der Waals surface area contributed by atoms with Crippen LogP contribution in [0.3, 0.4) is 0 Å². The Hall–Kier alpha value is -3.02. The van der Waals surface area contributed by atoms with Crippen molar-refractivity contribution in [2.75, 3.05) is 13.7 Å². The monoisotopic (exact) mass is 325 g/mol. The number of carbonyl (C=O) groups is 1. The number of hydrogen-bond donors (Lipinski definition) is 1. The van der Waals surface area contributed by atoms with Gasteiger partial charge in [0.25, 0.3) is 0 Å². The second kappa shape index (κ2) is 7.50. The maximum Gasteiger partial charge on any atom is 0.207 e. The number of nitrogens with zero attached hydrogens (tertiary/aromatic N) is 2. The molecule has 1 N–H and O–H groups in total. The van der Waals surface area contributed by atoms with Gasteiger partial charge in [-0.25, -0.2) is 4.98 Å². The minimum Gasteiger partial charge on any atom is -0.497 e. The molecule has 0 aliphatic rings. The summed E-state index contributed by atoms with van der Waals surface area (Å²) in [5, 5.41) is 2.67. The van der Waals surface area contributed by atoms with Gasteiger partial charge in [-0.2, -0.15) is 0 Å². The summed E-state index contributed by atoms with van der Waals surface area (Å²) in [6.07, 6.45) is 0.678. The van der Waals surface area contributed by atoms with Gasteiger partial charge in [0.15, 0.2) is 0 Å².